The number of hydrogen-bond donors (Lipinski definition) is 1. The third-order valence-electron chi connectivity index (χ3n) is 4.77. The average molecular weight is 353 g/mol. The number of carbonyl (C=O) groups is 1. The summed E-state index contributed by atoms with van der Waals surface area (Å²) in [5, 5.41) is 14.1. The van der Waals surface area contributed by atoms with Crippen LogP contribution < -0.4 is 5.32 Å². The smallest absolute Gasteiger partial charge is 0.272 e. The number of nitro groups is 1. The lowest BCUT2D eigenvalue weighted by Crippen LogP contribution is -2.34. The van der Waals surface area contributed by atoms with Crippen LogP contribution in [0.25, 0.3) is 0 Å². The van der Waals surface area contributed by atoms with Gasteiger partial charge in [-0.25, -0.2) is 0 Å². The van der Waals surface area contributed by atoms with E-state index in [1.807, 2.05) is 23.1 Å². The molecule has 0 radical (unpaired) electrons. The number of likely N-dealkylation sites (tertiary alicyclic amines) is 1. The standard InChI is InChI=1S/C20H23N3O3/c1-15-14-17(9-10-19(15)23(25)26)21-18-11-13-22(20(18)24)12-5-8-16-6-3-2-4-7-16/h2-4,6-7,9-10,14,18,21H,5,8,11-13H2,1H3. The first kappa shape index (κ1) is 17.9. The molecule has 26 heavy (non-hydrogen) atoms. The van der Waals surface area contributed by atoms with Crippen LogP contribution in [0.3, 0.4) is 0 Å². The Morgan fingerprint density at radius 2 is 2.00 bits per heavy atom. The molecule has 3 rings (SSSR count). The summed E-state index contributed by atoms with van der Waals surface area (Å²) >= 11 is 0. The van der Waals surface area contributed by atoms with Crippen molar-refractivity contribution in [1.29, 1.82) is 0 Å². The van der Waals surface area contributed by atoms with Gasteiger partial charge in [-0.1, -0.05) is 30.3 Å². The lowest BCUT2D eigenvalue weighted by atomic mass is 10.1. The van der Waals surface area contributed by atoms with Gasteiger partial charge in [-0.3, -0.25) is 14.9 Å². The van der Waals surface area contributed by atoms with Crippen LogP contribution in [0.2, 0.25) is 0 Å². The first-order chi connectivity index (χ1) is 12.5. The molecule has 2 aromatic carbocycles. The highest BCUT2D eigenvalue weighted by Gasteiger charge is 2.31. The van der Waals surface area contributed by atoms with Gasteiger partial charge in [0.2, 0.25) is 5.91 Å². The van der Waals surface area contributed by atoms with Crippen LogP contribution in [0.5, 0.6) is 0 Å². The van der Waals surface area contributed by atoms with E-state index in [0.29, 0.717) is 5.56 Å². The predicted octanol–water partition coefficient (Wildman–Crippen LogP) is 3.55. The molecule has 0 bridgehead atoms. The third-order valence-corrected chi connectivity index (χ3v) is 4.77. The number of nitrogens with zero attached hydrogens (tertiary/aromatic N) is 2. The summed E-state index contributed by atoms with van der Waals surface area (Å²) in [5.74, 6) is 0.106. The topological polar surface area (TPSA) is 75.5 Å². The van der Waals surface area contributed by atoms with Crippen molar-refractivity contribution >= 4 is 17.3 Å². The summed E-state index contributed by atoms with van der Waals surface area (Å²) in [7, 11) is 0. The third kappa shape index (κ3) is 4.20. The molecule has 1 amide bonds. The minimum absolute atomic E-state index is 0.0934. The van der Waals surface area contributed by atoms with Crippen molar-refractivity contribution < 1.29 is 9.72 Å². The lowest BCUT2D eigenvalue weighted by Gasteiger charge is -2.18. The Balaban J connectivity index is 1.52. The number of aryl methyl sites for hydroxylation is 2. The summed E-state index contributed by atoms with van der Waals surface area (Å²) < 4.78 is 0. The van der Waals surface area contributed by atoms with Crippen molar-refractivity contribution in [2.45, 2.75) is 32.2 Å². The van der Waals surface area contributed by atoms with E-state index in [1.165, 1.54) is 11.6 Å². The summed E-state index contributed by atoms with van der Waals surface area (Å²) in [5.41, 5.74) is 2.72. The van der Waals surface area contributed by atoms with E-state index in [2.05, 4.69) is 17.4 Å². The van der Waals surface area contributed by atoms with E-state index in [1.54, 1.807) is 19.1 Å². The Morgan fingerprint density at radius 3 is 2.69 bits per heavy atom. The highest BCUT2D eigenvalue weighted by molar-refractivity contribution is 5.86. The number of benzene rings is 2. The quantitative estimate of drug-likeness (QED) is 0.610. The zero-order valence-electron chi connectivity index (χ0n) is 14.9. The van der Waals surface area contributed by atoms with E-state index in [-0.39, 0.29) is 17.6 Å². The highest BCUT2D eigenvalue weighted by atomic mass is 16.6. The zero-order valence-corrected chi connectivity index (χ0v) is 14.9. The summed E-state index contributed by atoms with van der Waals surface area (Å²) in [6, 6.07) is 14.9. The number of amides is 1. The van der Waals surface area contributed by atoms with Crippen LogP contribution in [-0.2, 0) is 11.2 Å². The maximum absolute atomic E-state index is 12.6. The van der Waals surface area contributed by atoms with Crippen molar-refractivity contribution in [2.75, 3.05) is 18.4 Å². The van der Waals surface area contributed by atoms with Gasteiger partial charge in [-0.15, -0.1) is 0 Å². The van der Waals surface area contributed by atoms with Crippen LogP contribution in [0.1, 0.15) is 24.0 Å². The molecule has 1 aliphatic heterocycles. The van der Waals surface area contributed by atoms with E-state index in [9.17, 15) is 14.9 Å². The number of hydrogen-bond acceptors (Lipinski definition) is 4. The number of nitrogens with one attached hydrogen (secondary N) is 1. The molecule has 0 aromatic heterocycles. The van der Waals surface area contributed by atoms with Gasteiger partial charge in [0.25, 0.3) is 5.69 Å². The van der Waals surface area contributed by atoms with Gasteiger partial charge in [0.05, 0.1) is 4.92 Å². The van der Waals surface area contributed by atoms with Gasteiger partial charge in [0.1, 0.15) is 6.04 Å². The molecule has 1 aliphatic rings. The Bertz CT molecular complexity index is 792. The predicted molar refractivity (Wildman–Crippen MR) is 101 cm³/mol. The molecule has 1 heterocycles. The summed E-state index contributed by atoms with van der Waals surface area (Å²) in [6.45, 7) is 3.21. The minimum Gasteiger partial charge on any atom is -0.374 e. The molecule has 0 spiro atoms. The fourth-order valence-corrected chi connectivity index (χ4v) is 3.36. The average Bonchev–Trinajstić information content (AvgIpc) is 2.96. The minimum atomic E-state index is -0.395. The number of carbonyl (C=O) groups excluding carboxylic acids is 1. The molecule has 1 saturated heterocycles. The van der Waals surface area contributed by atoms with Gasteiger partial charge in [0, 0.05) is 30.4 Å². The number of anilines is 1. The maximum Gasteiger partial charge on any atom is 0.272 e. The van der Waals surface area contributed by atoms with E-state index >= 15 is 0 Å². The van der Waals surface area contributed by atoms with Crippen molar-refractivity contribution in [2.24, 2.45) is 0 Å². The molecule has 1 N–H and O–H groups in total. The lowest BCUT2D eigenvalue weighted by molar-refractivity contribution is -0.385. The second kappa shape index (κ2) is 7.99. The molecule has 1 unspecified atom stereocenters. The normalized spacial score (nSPS) is 16.7. The monoisotopic (exact) mass is 353 g/mol. The molecule has 2 aromatic rings. The van der Waals surface area contributed by atoms with Gasteiger partial charge in [-0.05, 0) is 43.9 Å². The van der Waals surface area contributed by atoms with Crippen molar-refractivity contribution in [3.8, 4) is 0 Å². The Hall–Kier alpha value is -2.89. The fraction of sp³-hybridized carbons (Fsp3) is 0.350. The second-order valence-electron chi connectivity index (χ2n) is 6.66. The van der Waals surface area contributed by atoms with Crippen LogP contribution in [0, 0.1) is 17.0 Å². The fourth-order valence-electron chi connectivity index (χ4n) is 3.36. The zero-order chi connectivity index (χ0) is 18.5. The molecule has 6 nitrogen and oxygen atoms in total. The highest BCUT2D eigenvalue weighted by Crippen LogP contribution is 2.24. The number of rotatable bonds is 7. The van der Waals surface area contributed by atoms with E-state index < -0.39 is 4.92 Å². The van der Waals surface area contributed by atoms with Crippen LogP contribution >= 0.6 is 0 Å². The molecule has 1 fully saturated rings. The van der Waals surface area contributed by atoms with Gasteiger partial charge < -0.3 is 10.2 Å². The Morgan fingerprint density at radius 1 is 1.23 bits per heavy atom. The molecular formula is C20H23N3O3. The van der Waals surface area contributed by atoms with Gasteiger partial charge in [-0.2, -0.15) is 0 Å². The van der Waals surface area contributed by atoms with Crippen molar-refractivity contribution in [1.82, 2.24) is 4.90 Å². The van der Waals surface area contributed by atoms with E-state index in [4.69, 9.17) is 0 Å². The van der Waals surface area contributed by atoms with Crippen LogP contribution in [0.15, 0.2) is 48.5 Å². The molecular weight excluding hydrogens is 330 g/mol. The van der Waals surface area contributed by atoms with Crippen LogP contribution in [-0.4, -0.2) is 34.9 Å². The first-order valence-electron chi connectivity index (χ1n) is 8.89. The van der Waals surface area contributed by atoms with Crippen molar-refractivity contribution in [3.63, 3.8) is 0 Å². The van der Waals surface area contributed by atoms with E-state index in [0.717, 1.165) is 38.0 Å². The Labute approximate surface area is 153 Å². The summed E-state index contributed by atoms with van der Waals surface area (Å²) in [4.78, 5) is 25.0. The second-order valence-corrected chi connectivity index (χ2v) is 6.66. The first-order valence-corrected chi connectivity index (χ1v) is 8.89. The molecule has 0 saturated carbocycles. The molecule has 1 atom stereocenters. The van der Waals surface area contributed by atoms with Crippen molar-refractivity contribution in [3.05, 3.63) is 69.8 Å². The molecule has 0 aliphatic carbocycles. The van der Waals surface area contributed by atoms with Crippen LogP contribution in [0.4, 0.5) is 11.4 Å². The SMILES string of the molecule is Cc1cc(NC2CCN(CCCc3ccccc3)C2=O)ccc1[N+](=O)[O-]. The largest absolute Gasteiger partial charge is 0.374 e. The van der Waals surface area contributed by atoms with Gasteiger partial charge in [0.15, 0.2) is 0 Å². The number of nitro benzene ring substituents is 1. The summed E-state index contributed by atoms with van der Waals surface area (Å²) in [6.07, 6.45) is 2.66. The van der Waals surface area contributed by atoms with Gasteiger partial charge >= 0.3 is 0 Å². The molecule has 136 valence electrons. The Kier molecular flexibility index (Phi) is 5.51. The molecule has 6 heteroatoms. The maximum atomic E-state index is 12.6.